The molecule has 8 nitrogen and oxygen atoms in total. The van der Waals surface area contributed by atoms with Gasteiger partial charge in [-0.05, 0) is 27.2 Å². The molecule has 1 saturated heterocycles. The zero-order valence-electron chi connectivity index (χ0n) is 16.4. The minimum Gasteiger partial charge on any atom is -0.458 e. The van der Waals surface area contributed by atoms with Gasteiger partial charge in [-0.2, -0.15) is 0 Å². The number of esters is 1. The first-order valence-electron chi connectivity index (χ1n) is 9.12. The van der Waals surface area contributed by atoms with Crippen LogP contribution in [0.2, 0.25) is 0 Å². The van der Waals surface area contributed by atoms with E-state index >= 15 is 0 Å². The number of methoxy groups -OCH3 is 1. The third-order valence-electron chi connectivity index (χ3n) is 4.37. The second-order valence-corrected chi connectivity index (χ2v) is 7.71. The van der Waals surface area contributed by atoms with Crippen LogP contribution >= 0.6 is 0 Å². The second-order valence-electron chi connectivity index (χ2n) is 7.71. The Morgan fingerprint density at radius 3 is 2.46 bits per heavy atom. The van der Waals surface area contributed by atoms with Crippen molar-refractivity contribution in [2.24, 2.45) is 5.92 Å². The number of hydrogen-bond acceptors (Lipinski definition) is 6. The summed E-state index contributed by atoms with van der Waals surface area (Å²) in [6.07, 6.45) is 2.15. The highest BCUT2D eigenvalue weighted by Crippen LogP contribution is 2.27. The third kappa shape index (κ3) is 6.57. The number of nitrogens with zero attached hydrogens (tertiary/aromatic N) is 1. The molecular weight excluding hydrogens is 340 g/mol. The van der Waals surface area contributed by atoms with E-state index in [-0.39, 0.29) is 25.0 Å². The fraction of sp³-hybridized carbons (Fsp3) is 0.833. The number of hydroxylamine groups is 1. The second kappa shape index (κ2) is 9.87. The van der Waals surface area contributed by atoms with Gasteiger partial charge in [0.05, 0.1) is 6.10 Å². The molecule has 1 aliphatic heterocycles. The molecule has 2 amide bonds. The van der Waals surface area contributed by atoms with Gasteiger partial charge in [0.25, 0.3) is 0 Å². The van der Waals surface area contributed by atoms with Crippen molar-refractivity contribution in [1.29, 1.82) is 0 Å². The molecule has 0 spiro atoms. The summed E-state index contributed by atoms with van der Waals surface area (Å²) in [5.41, 5.74) is 0.919. The van der Waals surface area contributed by atoms with E-state index in [2.05, 4.69) is 0 Å². The Hall–Kier alpha value is -1.67. The number of ether oxygens (including phenoxy) is 2. The molecule has 0 aromatic rings. The predicted molar refractivity (Wildman–Crippen MR) is 94.3 cm³/mol. The first kappa shape index (κ1) is 22.4. The monoisotopic (exact) mass is 372 g/mol. The van der Waals surface area contributed by atoms with Gasteiger partial charge >= 0.3 is 5.97 Å². The van der Waals surface area contributed by atoms with Crippen LogP contribution in [0.15, 0.2) is 0 Å². The highest BCUT2D eigenvalue weighted by Gasteiger charge is 2.43. The molecule has 1 fully saturated rings. The van der Waals surface area contributed by atoms with Gasteiger partial charge in [0.2, 0.25) is 11.8 Å². The van der Waals surface area contributed by atoms with Crippen molar-refractivity contribution in [3.05, 3.63) is 0 Å². The Balaban J connectivity index is 2.97. The number of nitrogens with one attached hydrogen (secondary N) is 1. The molecule has 1 heterocycles. The Labute approximate surface area is 155 Å². The van der Waals surface area contributed by atoms with Crippen molar-refractivity contribution in [1.82, 2.24) is 10.4 Å². The number of carbonyl (C=O) groups excluding carboxylic acids is 3. The molecule has 0 radical (unpaired) electrons. The fourth-order valence-corrected chi connectivity index (χ4v) is 3.07. The molecule has 0 aromatic carbocycles. The number of unbranched alkanes of at least 4 members (excludes halogenated alkanes) is 1. The molecule has 0 bridgehead atoms. The van der Waals surface area contributed by atoms with E-state index in [4.69, 9.17) is 14.7 Å². The van der Waals surface area contributed by atoms with Crippen LogP contribution in [-0.2, 0) is 23.9 Å². The topological polar surface area (TPSA) is 105 Å². The van der Waals surface area contributed by atoms with Gasteiger partial charge in [0.15, 0.2) is 0 Å². The summed E-state index contributed by atoms with van der Waals surface area (Å²) in [5, 5.41) is 8.79. The minimum atomic E-state index is -0.729. The minimum absolute atomic E-state index is 0.121. The first-order valence-corrected chi connectivity index (χ1v) is 9.12. The summed E-state index contributed by atoms with van der Waals surface area (Å²) in [6.45, 7) is 7.59. The predicted octanol–water partition coefficient (Wildman–Crippen LogP) is 1.65. The lowest BCUT2D eigenvalue weighted by atomic mass is 9.96. The standard InChI is InChI=1S/C18H32N2O6/c1-6-7-8-12(9-15(21)19-24)16(22)20-11-13(25-5)10-14(20)17(23)26-18(2,3)4/h12-14,24H,6-11H2,1-5H3,(H,19,21). The molecule has 2 N–H and O–H groups in total. The third-order valence-corrected chi connectivity index (χ3v) is 4.37. The summed E-state index contributed by atoms with van der Waals surface area (Å²) in [7, 11) is 1.54. The Kier molecular flexibility index (Phi) is 8.49. The van der Waals surface area contributed by atoms with Crippen LogP contribution in [0.3, 0.4) is 0 Å². The Morgan fingerprint density at radius 1 is 1.31 bits per heavy atom. The Morgan fingerprint density at radius 2 is 1.96 bits per heavy atom. The summed E-state index contributed by atoms with van der Waals surface area (Å²) < 4.78 is 10.8. The fourth-order valence-electron chi connectivity index (χ4n) is 3.07. The number of amides is 2. The van der Waals surface area contributed by atoms with Gasteiger partial charge in [-0.15, -0.1) is 0 Å². The normalized spacial score (nSPS) is 21.4. The zero-order chi connectivity index (χ0) is 19.9. The van der Waals surface area contributed by atoms with Crippen LogP contribution in [-0.4, -0.2) is 59.3 Å². The summed E-state index contributed by atoms with van der Waals surface area (Å²) in [5.74, 6) is -1.96. The van der Waals surface area contributed by atoms with Gasteiger partial charge in [-0.25, -0.2) is 10.3 Å². The van der Waals surface area contributed by atoms with Crippen molar-refractivity contribution in [2.45, 2.75) is 77.5 Å². The van der Waals surface area contributed by atoms with Crippen LogP contribution in [0.5, 0.6) is 0 Å². The van der Waals surface area contributed by atoms with Gasteiger partial charge in [0.1, 0.15) is 11.6 Å². The number of likely N-dealkylation sites (tertiary alicyclic amines) is 1. The lowest BCUT2D eigenvalue weighted by Crippen LogP contribution is -2.46. The van der Waals surface area contributed by atoms with Crippen LogP contribution < -0.4 is 5.48 Å². The molecule has 1 aliphatic rings. The highest BCUT2D eigenvalue weighted by atomic mass is 16.6. The molecular formula is C18H32N2O6. The number of rotatable bonds is 8. The zero-order valence-corrected chi connectivity index (χ0v) is 16.4. The quantitative estimate of drug-likeness (QED) is 0.381. The van der Waals surface area contributed by atoms with E-state index in [1.54, 1.807) is 33.4 Å². The number of hydrogen-bond donors (Lipinski definition) is 2. The van der Waals surface area contributed by atoms with Crippen LogP contribution in [0.1, 0.15) is 59.8 Å². The van der Waals surface area contributed by atoms with Gasteiger partial charge < -0.3 is 14.4 Å². The maximum absolute atomic E-state index is 13.0. The van der Waals surface area contributed by atoms with Crippen LogP contribution in [0.25, 0.3) is 0 Å². The van der Waals surface area contributed by atoms with E-state index in [1.165, 1.54) is 4.90 Å². The molecule has 26 heavy (non-hydrogen) atoms. The van der Waals surface area contributed by atoms with Gasteiger partial charge in [-0.1, -0.05) is 19.8 Å². The van der Waals surface area contributed by atoms with Crippen molar-refractivity contribution in [3.8, 4) is 0 Å². The van der Waals surface area contributed by atoms with E-state index in [0.29, 0.717) is 12.8 Å². The number of carbonyl (C=O) groups is 3. The van der Waals surface area contributed by atoms with Crippen molar-refractivity contribution in [3.63, 3.8) is 0 Å². The highest BCUT2D eigenvalue weighted by molar-refractivity contribution is 5.89. The maximum Gasteiger partial charge on any atom is 0.329 e. The van der Waals surface area contributed by atoms with E-state index in [9.17, 15) is 14.4 Å². The summed E-state index contributed by atoms with van der Waals surface area (Å²) in [4.78, 5) is 38.7. The molecule has 3 atom stereocenters. The lowest BCUT2D eigenvalue weighted by Gasteiger charge is -2.29. The van der Waals surface area contributed by atoms with E-state index in [0.717, 1.165) is 12.8 Å². The molecule has 0 aromatic heterocycles. The lowest BCUT2D eigenvalue weighted by molar-refractivity contribution is -0.164. The van der Waals surface area contributed by atoms with E-state index in [1.807, 2.05) is 6.92 Å². The van der Waals surface area contributed by atoms with Crippen LogP contribution in [0, 0.1) is 5.92 Å². The van der Waals surface area contributed by atoms with E-state index < -0.39 is 29.4 Å². The molecule has 8 heteroatoms. The SMILES string of the molecule is CCCCC(CC(=O)NO)C(=O)N1CC(OC)CC1C(=O)OC(C)(C)C. The first-order chi connectivity index (χ1) is 12.1. The van der Waals surface area contributed by atoms with Crippen molar-refractivity contribution < 1.29 is 29.1 Å². The van der Waals surface area contributed by atoms with Crippen molar-refractivity contribution >= 4 is 17.8 Å². The molecule has 0 saturated carbocycles. The molecule has 1 rings (SSSR count). The largest absolute Gasteiger partial charge is 0.458 e. The van der Waals surface area contributed by atoms with Gasteiger partial charge in [-0.3, -0.25) is 14.8 Å². The van der Waals surface area contributed by atoms with Gasteiger partial charge in [0, 0.05) is 32.4 Å². The van der Waals surface area contributed by atoms with Crippen molar-refractivity contribution in [2.75, 3.05) is 13.7 Å². The Bertz CT molecular complexity index is 502. The molecule has 150 valence electrons. The molecule has 0 aliphatic carbocycles. The van der Waals surface area contributed by atoms with Crippen LogP contribution in [0.4, 0.5) is 0 Å². The molecule has 3 unspecified atom stereocenters. The average Bonchev–Trinajstić information content (AvgIpc) is 3.00. The average molecular weight is 372 g/mol. The smallest absolute Gasteiger partial charge is 0.329 e. The summed E-state index contributed by atoms with van der Waals surface area (Å²) >= 11 is 0. The summed E-state index contributed by atoms with van der Waals surface area (Å²) in [6, 6.07) is -0.729. The maximum atomic E-state index is 13.0.